The molecular formula is C12H11ClF2N2. The second-order valence-corrected chi connectivity index (χ2v) is 4.44. The fourth-order valence-electron chi connectivity index (χ4n) is 1.52. The van der Waals surface area contributed by atoms with E-state index >= 15 is 0 Å². The molecule has 0 aliphatic carbocycles. The number of halogens is 3. The van der Waals surface area contributed by atoms with Crippen LogP contribution in [0.3, 0.4) is 0 Å². The van der Waals surface area contributed by atoms with Crippen molar-refractivity contribution in [2.45, 2.75) is 18.8 Å². The van der Waals surface area contributed by atoms with Crippen LogP contribution in [0.15, 0.2) is 30.6 Å². The summed E-state index contributed by atoms with van der Waals surface area (Å²) in [5.74, 6) is -1.14. The summed E-state index contributed by atoms with van der Waals surface area (Å²) in [6.07, 6.45) is 3.28. The summed E-state index contributed by atoms with van der Waals surface area (Å²) in [7, 11) is 0. The molecular weight excluding hydrogens is 246 g/mol. The maximum Gasteiger partial charge on any atom is 0.131 e. The zero-order valence-corrected chi connectivity index (χ0v) is 9.96. The van der Waals surface area contributed by atoms with E-state index in [1.807, 2.05) is 6.92 Å². The van der Waals surface area contributed by atoms with Crippen molar-refractivity contribution in [3.8, 4) is 0 Å². The average Bonchev–Trinajstić information content (AvgIpc) is 2.72. The number of benzene rings is 1. The monoisotopic (exact) mass is 256 g/mol. The number of nitrogens with zero attached hydrogens (tertiary/aromatic N) is 2. The Morgan fingerprint density at radius 3 is 2.53 bits per heavy atom. The summed E-state index contributed by atoms with van der Waals surface area (Å²) in [6, 6.07) is 3.80. The highest BCUT2D eigenvalue weighted by molar-refractivity contribution is 6.20. The lowest BCUT2D eigenvalue weighted by molar-refractivity contribution is 0.533. The first-order chi connectivity index (χ1) is 8.08. The minimum Gasteiger partial charge on any atom is -0.268 e. The SMILES string of the molecule is CC(Cl)c1cnn(Cc2c(F)cccc2F)c1. The molecule has 5 heteroatoms. The number of hydrogen-bond donors (Lipinski definition) is 0. The Labute approximate surface area is 103 Å². The highest BCUT2D eigenvalue weighted by Crippen LogP contribution is 2.19. The van der Waals surface area contributed by atoms with E-state index in [0.717, 1.165) is 5.56 Å². The fourth-order valence-corrected chi connectivity index (χ4v) is 1.63. The molecule has 0 fully saturated rings. The largest absolute Gasteiger partial charge is 0.268 e. The van der Waals surface area contributed by atoms with Crippen LogP contribution < -0.4 is 0 Å². The van der Waals surface area contributed by atoms with Gasteiger partial charge in [-0.25, -0.2) is 8.78 Å². The second-order valence-electron chi connectivity index (χ2n) is 3.79. The molecule has 0 saturated heterocycles. The Kier molecular flexibility index (Phi) is 3.43. The van der Waals surface area contributed by atoms with Gasteiger partial charge in [0.1, 0.15) is 11.6 Å². The van der Waals surface area contributed by atoms with E-state index in [9.17, 15) is 8.78 Å². The number of alkyl halides is 1. The van der Waals surface area contributed by atoms with Gasteiger partial charge in [0.05, 0.1) is 18.1 Å². The van der Waals surface area contributed by atoms with Gasteiger partial charge in [-0.05, 0) is 19.1 Å². The Morgan fingerprint density at radius 1 is 1.35 bits per heavy atom. The zero-order chi connectivity index (χ0) is 12.4. The minimum atomic E-state index is -0.569. The standard InChI is InChI=1S/C12H11ClF2N2/c1-8(13)9-5-16-17(6-9)7-10-11(14)3-2-4-12(10)15/h2-6,8H,7H2,1H3. The number of rotatable bonds is 3. The van der Waals surface area contributed by atoms with Crippen LogP contribution in [0.1, 0.15) is 23.4 Å². The van der Waals surface area contributed by atoms with Gasteiger partial charge in [0.15, 0.2) is 0 Å². The van der Waals surface area contributed by atoms with Gasteiger partial charge in [-0.3, -0.25) is 4.68 Å². The molecule has 0 spiro atoms. The molecule has 0 amide bonds. The highest BCUT2D eigenvalue weighted by atomic mass is 35.5. The maximum atomic E-state index is 13.4. The summed E-state index contributed by atoms with van der Waals surface area (Å²) >= 11 is 5.88. The van der Waals surface area contributed by atoms with Crippen LogP contribution in [0, 0.1) is 11.6 Å². The van der Waals surface area contributed by atoms with Crippen LogP contribution in [0.25, 0.3) is 0 Å². The minimum absolute atomic E-state index is 0.00405. The summed E-state index contributed by atoms with van der Waals surface area (Å²) in [5, 5.41) is 3.84. The molecule has 2 nitrogen and oxygen atoms in total. The summed E-state index contributed by atoms with van der Waals surface area (Å²) < 4.78 is 28.3. The Morgan fingerprint density at radius 2 is 2.00 bits per heavy atom. The van der Waals surface area contributed by atoms with E-state index in [0.29, 0.717) is 0 Å². The molecule has 1 aromatic carbocycles. The van der Waals surface area contributed by atoms with E-state index in [1.165, 1.54) is 22.9 Å². The molecule has 90 valence electrons. The molecule has 1 atom stereocenters. The van der Waals surface area contributed by atoms with Gasteiger partial charge in [0.25, 0.3) is 0 Å². The summed E-state index contributed by atoms with van der Waals surface area (Å²) in [4.78, 5) is 0. The summed E-state index contributed by atoms with van der Waals surface area (Å²) in [5.41, 5.74) is 0.827. The van der Waals surface area contributed by atoms with Gasteiger partial charge in [-0.15, -0.1) is 11.6 Å². The predicted octanol–water partition coefficient (Wildman–Crippen LogP) is 3.51. The van der Waals surface area contributed by atoms with E-state index in [1.54, 1.807) is 12.4 Å². The van der Waals surface area contributed by atoms with Crippen molar-refractivity contribution in [3.05, 3.63) is 53.4 Å². The van der Waals surface area contributed by atoms with Gasteiger partial charge in [-0.1, -0.05) is 6.07 Å². The lowest BCUT2D eigenvalue weighted by atomic mass is 10.2. The van der Waals surface area contributed by atoms with Crippen LogP contribution in [-0.2, 0) is 6.54 Å². The Hall–Kier alpha value is -1.42. The van der Waals surface area contributed by atoms with Gasteiger partial charge < -0.3 is 0 Å². The van der Waals surface area contributed by atoms with Crippen LogP contribution in [0.5, 0.6) is 0 Å². The topological polar surface area (TPSA) is 17.8 Å². The number of hydrogen-bond acceptors (Lipinski definition) is 1. The van der Waals surface area contributed by atoms with Gasteiger partial charge in [0.2, 0.25) is 0 Å². The predicted molar refractivity (Wildman–Crippen MR) is 62.0 cm³/mol. The van der Waals surface area contributed by atoms with Crippen molar-refractivity contribution in [3.63, 3.8) is 0 Å². The molecule has 0 saturated carbocycles. The van der Waals surface area contributed by atoms with Crippen molar-refractivity contribution in [2.24, 2.45) is 0 Å². The van der Waals surface area contributed by atoms with Crippen LogP contribution in [-0.4, -0.2) is 9.78 Å². The van der Waals surface area contributed by atoms with Crippen molar-refractivity contribution >= 4 is 11.6 Å². The molecule has 1 heterocycles. The first-order valence-electron chi connectivity index (χ1n) is 5.17. The van der Waals surface area contributed by atoms with E-state index in [2.05, 4.69) is 5.10 Å². The lowest BCUT2D eigenvalue weighted by Crippen LogP contribution is -2.04. The van der Waals surface area contributed by atoms with Crippen LogP contribution >= 0.6 is 11.6 Å². The average molecular weight is 257 g/mol. The molecule has 0 aliphatic rings. The van der Waals surface area contributed by atoms with Crippen LogP contribution in [0.4, 0.5) is 8.78 Å². The Balaban J connectivity index is 2.25. The molecule has 1 aromatic heterocycles. The molecule has 2 aromatic rings. The first kappa shape index (κ1) is 12.0. The third-order valence-electron chi connectivity index (χ3n) is 2.49. The quantitative estimate of drug-likeness (QED) is 0.769. The van der Waals surface area contributed by atoms with Crippen molar-refractivity contribution < 1.29 is 8.78 Å². The smallest absolute Gasteiger partial charge is 0.131 e. The Bertz CT molecular complexity index is 503. The maximum absolute atomic E-state index is 13.4. The molecule has 2 rings (SSSR count). The molecule has 0 aliphatic heterocycles. The van der Waals surface area contributed by atoms with E-state index in [-0.39, 0.29) is 17.5 Å². The van der Waals surface area contributed by atoms with Crippen molar-refractivity contribution in [1.82, 2.24) is 9.78 Å². The third-order valence-corrected chi connectivity index (χ3v) is 2.75. The first-order valence-corrected chi connectivity index (χ1v) is 5.61. The molecule has 0 N–H and O–H groups in total. The number of aromatic nitrogens is 2. The van der Waals surface area contributed by atoms with Crippen LogP contribution in [0.2, 0.25) is 0 Å². The third kappa shape index (κ3) is 2.64. The second kappa shape index (κ2) is 4.84. The molecule has 1 unspecified atom stereocenters. The summed E-state index contributed by atoms with van der Waals surface area (Å²) in [6.45, 7) is 1.87. The van der Waals surface area contributed by atoms with E-state index in [4.69, 9.17) is 11.6 Å². The normalized spacial score (nSPS) is 12.7. The van der Waals surface area contributed by atoms with Crippen molar-refractivity contribution in [1.29, 1.82) is 0 Å². The van der Waals surface area contributed by atoms with E-state index < -0.39 is 11.6 Å². The van der Waals surface area contributed by atoms with Gasteiger partial charge in [0, 0.05) is 17.3 Å². The van der Waals surface area contributed by atoms with Gasteiger partial charge >= 0.3 is 0 Å². The highest BCUT2D eigenvalue weighted by Gasteiger charge is 2.10. The molecule has 0 bridgehead atoms. The molecule has 17 heavy (non-hydrogen) atoms. The lowest BCUT2D eigenvalue weighted by Gasteiger charge is -2.04. The van der Waals surface area contributed by atoms with Crippen molar-refractivity contribution in [2.75, 3.05) is 0 Å². The fraction of sp³-hybridized carbons (Fsp3) is 0.250. The zero-order valence-electron chi connectivity index (χ0n) is 9.20. The molecule has 0 radical (unpaired) electrons. The van der Waals surface area contributed by atoms with Gasteiger partial charge in [-0.2, -0.15) is 5.10 Å².